The van der Waals surface area contributed by atoms with Gasteiger partial charge in [0.2, 0.25) is 5.91 Å². The predicted octanol–water partition coefficient (Wildman–Crippen LogP) is 2.80. The number of carboxylic acids is 1. The molecule has 1 aromatic carbocycles. The number of aliphatic carboxylic acids is 1. The van der Waals surface area contributed by atoms with Crippen molar-refractivity contribution >= 4 is 29.2 Å². The summed E-state index contributed by atoms with van der Waals surface area (Å²) in [5.74, 6) is -2.94. The number of anilines is 2. The highest BCUT2D eigenvalue weighted by Crippen LogP contribution is 2.48. The zero-order valence-corrected chi connectivity index (χ0v) is 14.9. The first-order valence-corrected chi connectivity index (χ1v) is 9.06. The van der Waals surface area contributed by atoms with Crippen LogP contribution in [-0.4, -0.2) is 27.9 Å². The number of aromatic nitrogens is 1. The lowest BCUT2D eigenvalue weighted by Gasteiger charge is -2.24. The lowest BCUT2D eigenvalue weighted by atomic mass is 9.82. The number of carboxylic acid groups (broad SMARTS) is 1. The Balaban J connectivity index is 1.46. The number of benzene rings is 1. The van der Waals surface area contributed by atoms with Crippen LogP contribution in [0.2, 0.25) is 0 Å². The standard InChI is InChI=1S/C21H19N3O4/c25-19(14-3-2-8-22-11-14)23-15-4-1-5-16(10-15)24-20(26)17-12-6-7-13(9-12)18(17)21(27)28/h1-8,10-13,17-18H,9H2,(H,23,25)(H,24,26)(H,27,28)/t12-,13-,17+,18-/m0/s1. The molecule has 0 aliphatic heterocycles. The van der Waals surface area contributed by atoms with Crippen LogP contribution in [0.4, 0.5) is 11.4 Å². The first kappa shape index (κ1) is 17.9. The van der Waals surface area contributed by atoms with Crippen molar-refractivity contribution < 1.29 is 19.5 Å². The normalized spacial score (nSPS) is 24.7. The van der Waals surface area contributed by atoms with Crippen molar-refractivity contribution in [1.29, 1.82) is 0 Å². The van der Waals surface area contributed by atoms with E-state index in [2.05, 4.69) is 15.6 Å². The summed E-state index contributed by atoms with van der Waals surface area (Å²) in [5, 5.41) is 15.1. The van der Waals surface area contributed by atoms with E-state index in [1.807, 2.05) is 12.2 Å². The molecule has 0 radical (unpaired) electrons. The molecule has 1 aromatic heterocycles. The summed E-state index contributed by atoms with van der Waals surface area (Å²) in [6.45, 7) is 0. The molecule has 0 unspecified atom stereocenters. The van der Waals surface area contributed by atoms with Crippen LogP contribution in [0.5, 0.6) is 0 Å². The Morgan fingerprint density at radius 2 is 1.68 bits per heavy atom. The molecule has 7 heteroatoms. The number of carbonyl (C=O) groups is 3. The summed E-state index contributed by atoms with van der Waals surface area (Å²) in [7, 11) is 0. The smallest absolute Gasteiger partial charge is 0.307 e. The van der Waals surface area contributed by atoms with Crippen molar-refractivity contribution in [3.05, 3.63) is 66.5 Å². The second-order valence-electron chi connectivity index (χ2n) is 7.10. The lowest BCUT2D eigenvalue weighted by molar-refractivity contribution is -0.146. The molecule has 2 aliphatic rings. The number of pyridine rings is 1. The van der Waals surface area contributed by atoms with E-state index < -0.39 is 17.8 Å². The van der Waals surface area contributed by atoms with E-state index >= 15 is 0 Å². The SMILES string of the molecule is O=C(Nc1cccc(NC(=O)[C@H]2[C@@H](C(=O)O)[C@H]3C=C[C@H]2C3)c1)c1cccnc1. The average Bonchev–Trinajstić information content (AvgIpc) is 3.30. The molecular weight excluding hydrogens is 358 g/mol. The molecule has 2 amide bonds. The van der Waals surface area contributed by atoms with Gasteiger partial charge in [0.1, 0.15) is 0 Å². The Labute approximate surface area is 161 Å². The second kappa shape index (κ2) is 7.26. The molecule has 4 rings (SSSR count). The number of nitrogens with zero attached hydrogens (tertiary/aromatic N) is 1. The summed E-state index contributed by atoms with van der Waals surface area (Å²) < 4.78 is 0. The number of rotatable bonds is 5. The van der Waals surface area contributed by atoms with Gasteiger partial charge in [-0.05, 0) is 48.6 Å². The van der Waals surface area contributed by atoms with E-state index in [0.29, 0.717) is 23.4 Å². The molecule has 0 saturated heterocycles. The van der Waals surface area contributed by atoms with Crippen LogP contribution < -0.4 is 10.6 Å². The van der Waals surface area contributed by atoms with E-state index in [-0.39, 0.29) is 23.7 Å². The Hall–Kier alpha value is -3.48. The first-order chi connectivity index (χ1) is 13.5. The monoisotopic (exact) mass is 377 g/mol. The van der Waals surface area contributed by atoms with Gasteiger partial charge in [-0.25, -0.2) is 0 Å². The fourth-order valence-electron chi connectivity index (χ4n) is 4.12. The quantitative estimate of drug-likeness (QED) is 0.695. The fourth-order valence-corrected chi connectivity index (χ4v) is 4.12. The van der Waals surface area contributed by atoms with Crippen LogP contribution in [0, 0.1) is 23.7 Å². The van der Waals surface area contributed by atoms with Crippen molar-refractivity contribution in [1.82, 2.24) is 4.98 Å². The van der Waals surface area contributed by atoms with Gasteiger partial charge in [-0.2, -0.15) is 0 Å². The molecule has 1 saturated carbocycles. The Kier molecular flexibility index (Phi) is 4.65. The third kappa shape index (κ3) is 3.38. The third-order valence-corrected chi connectivity index (χ3v) is 5.36. The highest BCUT2D eigenvalue weighted by Gasteiger charge is 2.51. The topological polar surface area (TPSA) is 108 Å². The second-order valence-corrected chi connectivity index (χ2v) is 7.10. The van der Waals surface area contributed by atoms with Gasteiger partial charge < -0.3 is 15.7 Å². The van der Waals surface area contributed by atoms with Crippen LogP contribution in [0.25, 0.3) is 0 Å². The molecule has 7 nitrogen and oxygen atoms in total. The molecule has 1 fully saturated rings. The molecule has 3 N–H and O–H groups in total. The minimum absolute atomic E-state index is 0.0421. The molecule has 2 bridgehead atoms. The maximum atomic E-state index is 12.8. The van der Waals surface area contributed by atoms with Gasteiger partial charge in [0.15, 0.2) is 0 Å². The van der Waals surface area contributed by atoms with Gasteiger partial charge in [-0.3, -0.25) is 19.4 Å². The molecule has 1 heterocycles. The molecule has 142 valence electrons. The summed E-state index contributed by atoms with van der Waals surface area (Å²) >= 11 is 0. The van der Waals surface area contributed by atoms with Crippen molar-refractivity contribution in [2.24, 2.45) is 23.7 Å². The number of hydrogen-bond donors (Lipinski definition) is 3. The van der Waals surface area contributed by atoms with Crippen LogP contribution in [-0.2, 0) is 9.59 Å². The van der Waals surface area contributed by atoms with E-state index in [1.54, 1.807) is 42.6 Å². The summed E-state index contributed by atoms with van der Waals surface area (Å²) in [6.07, 6.45) is 7.61. The van der Waals surface area contributed by atoms with Gasteiger partial charge in [0.05, 0.1) is 17.4 Å². The van der Waals surface area contributed by atoms with E-state index in [0.717, 1.165) is 0 Å². The zero-order valence-electron chi connectivity index (χ0n) is 14.9. The predicted molar refractivity (Wildman–Crippen MR) is 103 cm³/mol. The minimum Gasteiger partial charge on any atom is -0.481 e. The highest BCUT2D eigenvalue weighted by molar-refractivity contribution is 6.04. The van der Waals surface area contributed by atoms with Crippen LogP contribution in [0.15, 0.2) is 60.9 Å². The average molecular weight is 377 g/mol. The Morgan fingerprint density at radius 1 is 0.964 bits per heavy atom. The van der Waals surface area contributed by atoms with Gasteiger partial charge in [0, 0.05) is 23.8 Å². The van der Waals surface area contributed by atoms with Crippen molar-refractivity contribution in [3.63, 3.8) is 0 Å². The number of hydrogen-bond acceptors (Lipinski definition) is 4. The number of allylic oxidation sites excluding steroid dienone is 2. The van der Waals surface area contributed by atoms with E-state index in [9.17, 15) is 19.5 Å². The largest absolute Gasteiger partial charge is 0.481 e. The van der Waals surface area contributed by atoms with Gasteiger partial charge >= 0.3 is 5.97 Å². The lowest BCUT2D eigenvalue weighted by Crippen LogP contribution is -2.36. The highest BCUT2D eigenvalue weighted by atomic mass is 16.4. The molecule has 2 aliphatic carbocycles. The Bertz CT molecular complexity index is 957. The third-order valence-electron chi connectivity index (χ3n) is 5.36. The zero-order chi connectivity index (χ0) is 19.7. The van der Waals surface area contributed by atoms with Gasteiger partial charge in [0.25, 0.3) is 5.91 Å². The van der Waals surface area contributed by atoms with Crippen molar-refractivity contribution in [2.75, 3.05) is 10.6 Å². The summed E-state index contributed by atoms with van der Waals surface area (Å²) in [5.41, 5.74) is 1.45. The van der Waals surface area contributed by atoms with Crippen LogP contribution in [0.3, 0.4) is 0 Å². The van der Waals surface area contributed by atoms with Crippen molar-refractivity contribution in [3.8, 4) is 0 Å². The van der Waals surface area contributed by atoms with E-state index in [4.69, 9.17) is 0 Å². The van der Waals surface area contributed by atoms with Gasteiger partial charge in [-0.15, -0.1) is 0 Å². The maximum absolute atomic E-state index is 12.8. The maximum Gasteiger partial charge on any atom is 0.307 e. The number of carbonyl (C=O) groups excluding carboxylic acids is 2. The van der Waals surface area contributed by atoms with Crippen LogP contribution in [0.1, 0.15) is 16.8 Å². The van der Waals surface area contributed by atoms with Crippen LogP contribution >= 0.6 is 0 Å². The van der Waals surface area contributed by atoms with E-state index in [1.165, 1.54) is 6.20 Å². The number of fused-ring (bicyclic) bond motifs is 2. The molecule has 4 atom stereocenters. The number of nitrogens with one attached hydrogen (secondary N) is 2. The fraction of sp³-hybridized carbons (Fsp3) is 0.238. The Morgan fingerprint density at radius 3 is 2.36 bits per heavy atom. The molecule has 2 aromatic rings. The van der Waals surface area contributed by atoms with Crippen molar-refractivity contribution in [2.45, 2.75) is 6.42 Å². The first-order valence-electron chi connectivity index (χ1n) is 9.06. The molecule has 0 spiro atoms. The summed E-state index contributed by atoms with van der Waals surface area (Å²) in [4.78, 5) is 40.5. The van der Waals surface area contributed by atoms with Gasteiger partial charge in [-0.1, -0.05) is 18.2 Å². The minimum atomic E-state index is -0.936. The molecule has 28 heavy (non-hydrogen) atoms. The molecular formula is C21H19N3O4. The number of amides is 2. The summed E-state index contributed by atoms with van der Waals surface area (Å²) in [6, 6.07) is 10.1.